The minimum Gasteiger partial charge on any atom is -0.472 e. The van der Waals surface area contributed by atoms with Gasteiger partial charge in [0.1, 0.15) is 6.10 Å². The predicted molar refractivity (Wildman–Crippen MR) is 146 cm³/mol. The summed E-state index contributed by atoms with van der Waals surface area (Å²) in [5.74, 6) is 0.590. The van der Waals surface area contributed by atoms with Gasteiger partial charge < -0.3 is 5.11 Å². The van der Waals surface area contributed by atoms with Gasteiger partial charge in [-0.25, -0.2) is 14.2 Å². The summed E-state index contributed by atoms with van der Waals surface area (Å²) < 4.78 is 35.4. The first-order valence-corrected chi connectivity index (χ1v) is 16.9. The topological polar surface area (TPSA) is 99.1 Å². The molecule has 0 bridgehead atoms. The Kier molecular flexibility index (Phi) is 22.7. The van der Waals surface area contributed by atoms with Gasteiger partial charge in [-0.15, -0.1) is 4.67 Å². The zero-order valence-corrected chi connectivity index (χ0v) is 24.6. The van der Waals surface area contributed by atoms with Crippen LogP contribution in [0.15, 0.2) is 0 Å². The number of carboxylic acid groups (broad SMARTS) is 1. The SMILES string of the molecule is CCCCCCCCCCCS(=O)C(CCCCCCCC)C(C)OOP(=O)(OCCC)C(=O)O. The molecule has 0 saturated carbocycles. The normalized spacial score (nSPS) is 16.0. The summed E-state index contributed by atoms with van der Waals surface area (Å²) in [7, 11) is -5.56. The van der Waals surface area contributed by atoms with E-state index < -0.39 is 30.2 Å². The predicted octanol–water partition coefficient (Wildman–Crippen LogP) is 9.02. The molecule has 0 radical (unpaired) electrons. The molecule has 0 aliphatic rings. The Morgan fingerprint density at radius 2 is 1.29 bits per heavy atom. The summed E-state index contributed by atoms with van der Waals surface area (Å²) in [6.45, 7) is 7.89. The van der Waals surface area contributed by atoms with Crippen molar-refractivity contribution in [3.8, 4) is 0 Å². The smallest absolute Gasteiger partial charge is 0.464 e. The van der Waals surface area contributed by atoms with Crippen LogP contribution in [-0.2, 0) is 29.5 Å². The van der Waals surface area contributed by atoms with Crippen LogP contribution >= 0.6 is 7.60 Å². The van der Waals surface area contributed by atoms with Gasteiger partial charge in [0.25, 0.3) is 0 Å². The lowest BCUT2D eigenvalue weighted by Crippen LogP contribution is -2.32. The first-order valence-electron chi connectivity index (χ1n) is 14.0. The minimum absolute atomic E-state index is 0.00690. The van der Waals surface area contributed by atoms with E-state index in [2.05, 4.69) is 13.8 Å². The molecule has 210 valence electrons. The lowest BCUT2D eigenvalue weighted by Gasteiger charge is -2.24. The van der Waals surface area contributed by atoms with E-state index in [0.29, 0.717) is 18.6 Å². The second-order valence-corrected chi connectivity index (χ2v) is 13.1. The van der Waals surface area contributed by atoms with E-state index in [-0.39, 0.29) is 11.9 Å². The first kappa shape index (κ1) is 34.7. The van der Waals surface area contributed by atoms with Gasteiger partial charge in [-0.3, -0.25) is 8.73 Å². The van der Waals surface area contributed by atoms with Crippen molar-refractivity contribution in [2.75, 3.05) is 12.4 Å². The highest BCUT2D eigenvalue weighted by atomic mass is 32.2. The van der Waals surface area contributed by atoms with Crippen LogP contribution in [0.25, 0.3) is 0 Å². The van der Waals surface area contributed by atoms with Crippen molar-refractivity contribution in [3.63, 3.8) is 0 Å². The van der Waals surface area contributed by atoms with Gasteiger partial charge in [0.05, 0.1) is 11.9 Å². The Morgan fingerprint density at radius 1 is 0.800 bits per heavy atom. The highest BCUT2D eigenvalue weighted by Gasteiger charge is 2.38. The monoisotopic (exact) mass is 540 g/mol. The molecule has 35 heavy (non-hydrogen) atoms. The summed E-state index contributed by atoms with van der Waals surface area (Å²) in [5.41, 5.74) is -1.68. The Balaban J connectivity index is 4.69. The molecule has 4 unspecified atom stereocenters. The zero-order chi connectivity index (χ0) is 26.4. The fourth-order valence-electron chi connectivity index (χ4n) is 3.92. The third kappa shape index (κ3) is 17.8. The van der Waals surface area contributed by atoms with E-state index in [1.54, 1.807) is 13.8 Å². The molecule has 0 spiro atoms. The lowest BCUT2D eigenvalue weighted by molar-refractivity contribution is -0.245. The Hall–Kier alpha value is -0.270. The van der Waals surface area contributed by atoms with Crippen LogP contribution in [0, 0.1) is 0 Å². The third-order valence-corrected chi connectivity index (χ3v) is 9.40. The van der Waals surface area contributed by atoms with Gasteiger partial charge >= 0.3 is 13.3 Å². The summed E-state index contributed by atoms with van der Waals surface area (Å²) >= 11 is 0. The first-order chi connectivity index (χ1) is 16.8. The fourth-order valence-corrected chi connectivity index (χ4v) is 6.50. The standard InChI is InChI=1S/C26H53O7PS/c1-5-8-10-12-14-15-16-18-20-23-35(30)25(21-19-17-13-11-9-6-2)24(4)32-33-34(29,26(27)28)31-22-7-3/h24-25H,5-23H2,1-4H3,(H,27,28). The average Bonchev–Trinajstić information content (AvgIpc) is 2.84. The Bertz CT molecular complexity index is 588. The van der Waals surface area contributed by atoms with Gasteiger partial charge in [0, 0.05) is 16.6 Å². The number of carbonyl (C=O) groups is 1. The van der Waals surface area contributed by atoms with Crippen LogP contribution in [0.5, 0.6) is 0 Å². The van der Waals surface area contributed by atoms with Gasteiger partial charge in [0.15, 0.2) is 0 Å². The highest BCUT2D eigenvalue weighted by molar-refractivity contribution is 7.85. The van der Waals surface area contributed by atoms with Crippen molar-refractivity contribution in [3.05, 3.63) is 0 Å². The van der Waals surface area contributed by atoms with Crippen molar-refractivity contribution in [1.29, 1.82) is 0 Å². The van der Waals surface area contributed by atoms with Crippen molar-refractivity contribution >= 4 is 24.1 Å². The molecule has 0 rings (SSSR count). The quantitative estimate of drug-likeness (QED) is 0.0505. The minimum atomic E-state index is -4.42. The van der Waals surface area contributed by atoms with E-state index >= 15 is 0 Å². The summed E-state index contributed by atoms with van der Waals surface area (Å²) in [4.78, 5) is 16.7. The summed E-state index contributed by atoms with van der Waals surface area (Å²) in [5, 5.41) is 8.96. The molecule has 0 amide bonds. The summed E-state index contributed by atoms with van der Waals surface area (Å²) in [6.07, 6.45) is 18.1. The molecule has 7 nitrogen and oxygen atoms in total. The number of hydrogen-bond acceptors (Lipinski definition) is 6. The maximum Gasteiger partial charge on any atom is 0.464 e. The molecule has 0 aliphatic heterocycles. The zero-order valence-electron chi connectivity index (χ0n) is 22.8. The maximum absolute atomic E-state index is 13.1. The van der Waals surface area contributed by atoms with Gasteiger partial charge in [-0.2, -0.15) is 0 Å². The van der Waals surface area contributed by atoms with E-state index in [4.69, 9.17) is 14.1 Å². The largest absolute Gasteiger partial charge is 0.472 e. The number of rotatable bonds is 26. The van der Waals surface area contributed by atoms with Crippen LogP contribution in [-0.4, -0.2) is 38.7 Å². The maximum atomic E-state index is 13.1. The van der Waals surface area contributed by atoms with Crippen LogP contribution in [0.4, 0.5) is 4.79 Å². The summed E-state index contributed by atoms with van der Waals surface area (Å²) in [6, 6.07) is 0. The van der Waals surface area contributed by atoms with Crippen LogP contribution < -0.4 is 0 Å². The van der Waals surface area contributed by atoms with E-state index in [1.807, 2.05) is 0 Å². The van der Waals surface area contributed by atoms with Crippen LogP contribution in [0.3, 0.4) is 0 Å². The van der Waals surface area contributed by atoms with Gasteiger partial charge in [-0.1, -0.05) is 111 Å². The van der Waals surface area contributed by atoms with Crippen LogP contribution in [0.1, 0.15) is 137 Å². The van der Waals surface area contributed by atoms with Crippen LogP contribution in [0.2, 0.25) is 0 Å². The molecule has 9 heteroatoms. The second-order valence-electron chi connectivity index (χ2n) is 9.50. The van der Waals surface area contributed by atoms with Crippen molar-refractivity contribution in [2.24, 2.45) is 0 Å². The fraction of sp³-hybridized carbons (Fsp3) is 0.962. The molecule has 0 heterocycles. The molecule has 1 N–H and O–H groups in total. The van der Waals surface area contributed by atoms with Crippen molar-refractivity contribution in [2.45, 2.75) is 148 Å². The molecular formula is C26H53O7PS. The molecule has 0 aromatic rings. The van der Waals surface area contributed by atoms with Gasteiger partial charge in [-0.05, 0) is 26.2 Å². The van der Waals surface area contributed by atoms with Gasteiger partial charge in [0.2, 0.25) is 0 Å². The average molecular weight is 541 g/mol. The van der Waals surface area contributed by atoms with E-state index in [1.165, 1.54) is 57.8 Å². The van der Waals surface area contributed by atoms with Crippen molar-refractivity contribution in [1.82, 2.24) is 0 Å². The highest BCUT2D eigenvalue weighted by Crippen LogP contribution is 2.49. The number of hydrogen-bond donors (Lipinski definition) is 1. The van der Waals surface area contributed by atoms with E-state index in [9.17, 15) is 18.7 Å². The molecular weight excluding hydrogens is 487 g/mol. The lowest BCUT2D eigenvalue weighted by atomic mass is 10.1. The number of unbranched alkanes of at least 4 members (excludes halogenated alkanes) is 13. The molecule has 0 aliphatic carbocycles. The molecule has 0 saturated heterocycles. The third-order valence-electron chi connectivity index (χ3n) is 6.15. The molecule has 0 aromatic heterocycles. The second kappa shape index (κ2) is 22.9. The van der Waals surface area contributed by atoms with E-state index in [0.717, 1.165) is 38.5 Å². The molecule has 0 fully saturated rings. The molecule has 0 aromatic carbocycles. The molecule has 4 atom stereocenters. The Labute approximate surface area is 217 Å². The van der Waals surface area contributed by atoms with Crippen molar-refractivity contribution < 1.29 is 32.8 Å². The Morgan fingerprint density at radius 3 is 1.77 bits per heavy atom.